The average molecular weight is 582 g/mol. The summed E-state index contributed by atoms with van der Waals surface area (Å²) < 4.78 is 10.00. The number of fused-ring (bicyclic) bond motifs is 1. The lowest BCUT2D eigenvalue weighted by atomic mass is 9.91. The zero-order valence-corrected chi connectivity index (χ0v) is 26.0. The second-order valence-electron chi connectivity index (χ2n) is 12.5. The van der Waals surface area contributed by atoms with Crippen LogP contribution in [0.5, 0.6) is 0 Å². The van der Waals surface area contributed by atoms with Crippen molar-refractivity contribution in [2.45, 2.75) is 110 Å². The third-order valence-electron chi connectivity index (χ3n) is 8.85. The first-order valence-corrected chi connectivity index (χ1v) is 15.6. The highest BCUT2D eigenvalue weighted by molar-refractivity contribution is 5.70. The van der Waals surface area contributed by atoms with Crippen LogP contribution in [0.15, 0.2) is 53.3 Å². The molecule has 1 N–H and O–H groups in total. The molecule has 1 aliphatic carbocycles. The van der Waals surface area contributed by atoms with Gasteiger partial charge >= 0.3 is 0 Å². The van der Waals surface area contributed by atoms with Gasteiger partial charge in [-0.1, -0.05) is 55.8 Å². The Morgan fingerprint density at radius 2 is 1.81 bits per heavy atom. The van der Waals surface area contributed by atoms with Crippen molar-refractivity contribution in [1.29, 1.82) is 5.26 Å². The SMILES string of the molecule is CCCCc1c(Cc2ccc(-c3ccccc3C#N)cc2)c(=O)n([C@H]2CC[C@H](OC(C)C(C)(C)O)CC2)c2nc(C)nn12. The van der Waals surface area contributed by atoms with E-state index in [1.54, 1.807) is 13.8 Å². The second kappa shape index (κ2) is 12.8. The molecule has 0 spiro atoms. The van der Waals surface area contributed by atoms with Gasteiger partial charge in [0.25, 0.3) is 5.56 Å². The quantitative estimate of drug-likeness (QED) is 0.235. The number of aromatic nitrogens is 4. The number of benzene rings is 2. The topological polar surface area (TPSA) is 105 Å². The third kappa shape index (κ3) is 6.58. The summed E-state index contributed by atoms with van der Waals surface area (Å²) in [6.45, 7) is 9.49. The van der Waals surface area contributed by atoms with Crippen LogP contribution < -0.4 is 5.56 Å². The fraction of sp³-hybridized carbons (Fsp3) is 0.486. The van der Waals surface area contributed by atoms with E-state index in [0.29, 0.717) is 23.6 Å². The number of nitrogens with zero attached hydrogens (tertiary/aromatic N) is 5. The Labute approximate surface area is 254 Å². The molecule has 0 amide bonds. The Hall–Kier alpha value is -3.80. The van der Waals surface area contributed by atoms with Gasteiger partial charge in [-0.05, 0) is 89.0 Å². The number of unbranched alkanes of at least 4 members (excludes halogenated alkanes) is 1. The monoisotopic (exact) mass is 581 g/mol. The van der Waals surface area contributed by atoms with Crippen molar-refractivity contribution in [3.8, 4) is 17.2 Å². The zero-order valence-electron chi connectivity index (χ0n) is 26.0. The Morgan fingerprint density at radius 3 is 2.47 bits per heavy atom. The van der Waals surface area contributed by atoms with Crippen LogP contribution in [0.4, 0.5) is 0 Å². The maximum absolute atomic E-state index is 14.4. The standard InChI is InChI=1S/C35H43N5O3/c1-6-7-12-32-31(21-25-13-15-26(16-14-25)30-11-9-8-10-27(30)22-36)33(41)39(34-37-24(3)38-40(32)34)28-17-19-29(20-18-28)43-23(2)35(4,5)42/h8-11,13-16,23,28-29,42H,6-7,12,17-21H2,1-5H3/t23?,28-,29-. The summed E-state index contributed by atoms with van der Waals surface area (Å²) in [6, 6.07) is 18.1. The number of rotatable bonds is 10. The van der Waals surface area contributed by atoms with E-state index in [1.807, 2.05) is 59.3 Å². The van der Waals surface area contributed by atoms with Crippen molar-refractivity contribution < 1.29 is 9.84 Å². The molecule has 1 atom stereocenters. The molecule has 0 radical (unpaired) electrons. The molecule has 226 valence electrons. The Morgan fingerprint density at radius 1 is 1.12 bits per heavy atom. The lowest BCUT2D eigenvalue weighted by Gasteiger charge is -2.35. The molecule has 0 bridgehead atoms. The molecule has 43 heavy (non-hydrogen) atoms. The van der Waals surface area contributed by atoms with Gasteiger partial charge in [0.1, 0.15) is 5.82 Å². The zero-order chi connectivity index (χ0) is 30.7. The summed E-state index contributed by atoms with van der Waals surface area (Å²) in [6.07, 6.45) is 6.22. The molecule has 1 unspecified atom stereocenters. The van der Waals surface area contributed by atoms with Gasteiger partial charge in [0, 0.05) is 18.0 Å². The van der Waals surface area contributed by atoms with Crippen LogP contribution in [0.1, 0.15) is 100 Å². The van der Waals surface area contributed by atoms with E-state index in [-0.39, 0.29) is 23.8 Å². The van der Waals surface area contributed by atoms with Gasteiger partial charge in [-0.15, -0.1) is 0 Å². The maximum atomic E-state index is 14.4. The molecular formula is C35H43N5O3. The Bertz CT molecular complexity index is 1670. The number of aliphatic hydroxyl groups is 1. The van der Waals surface area contributed by atoms with Gasteiger partial charge in [0.2, 0.25) is 5.78 Å². The van der Waals surface area contributed by atoms with Gasteiger partial charge in [-0.3, -0.25) is 9.36 Å². The van der Waals surface area contributed by atoms with Crippen LogP contribution in [0.3, 0.4) is 0 Å². The fourth-order valence-electron chi connectivity index (χ4n) is 6.07. The van der Waals surface area contributed by atoms with Crippen molar-refractivity contribution in [3.05, 3.63) is 87.1 Å². The molecule has 4 aromatic rings. The first-order valence-electron chi connectivity index (χ1n) is 15.6. The highest BCUT2D eigenvalue weighted by atomic mass is 16.5. The molecule has 1 aliphatic rings. The summed E-state index contributed by atoms with van der Waals surface area (Å²) >= 11 is 0. The van der Waals surface area contributed by atoms with Gasteiger partial charge in [-0.25, -0.2) is 4.52 Å². The van der Waals surface area contributed by atoms with Crippen LogP contribution in [0.2, 0.25) is 0 Å². The summed E-state index contributed by atoms with van der Waals surface area (Å²) in [7, 11) is 0. The fourth-order valence-corrected chi connectivity index (χ4v) is 6.07. The molecule has 0 saturated heterocycles. The van der Waals surface area contributed by atoms with Crippen molar-refractivity contribution in [1.82, 2.24) is 19.2 Å². The summed E-state index contributed by atoms with van der Waals surface area (Å²) in [5, 5.41) is 24.7. The molecule has 2 aromatic heterocycles. The third-order valence-corrected chi connectivity index (χ3v) is 8.85. The normalized spacial score (nSPS) is 18.1. The minimum atomic E-state index is -0.903. The molecule has 0 aliphatic heterocycles. The molecule has 1 saturated carbocycles. The van der Waals surface area contributed by atoms with Crippen molar-refractivity contribution in [3.63, 3.8) is 0 Å². The number of hydrogen-bond acceptors (Lipinski definition) is 6. The lowest BCUT2D eigenvalue weighted by molar-refractivity contribution is -0.118. The Kier molecular flexibility index (Phi) is 9.14. The minimum Gasteiger partial charge on any atom is -0.388 e. The Balaban J connectivity index is 1.49. The second-order valence-corrected chi connectivity index (χ2v) is 12.5. The van der Waals surface area contributed by atoms with E-state index in [1.165, 1.54) is 0 Å². The van der Waals surface area contributed by atoms with E-state index in [4.69, 9.17) is 14.8 Å². The molecule has 1 fully saturated rings. The first-order chi connectivity index (χ1) is 20.6. The highest BCUT2D eigenvalue weighted by Gasteiger charge is 2.31. The van der Waals surface area contributed by atoms with Crippen LogP contribution in [0.25, 0.3) is 16.9 Å². The maximum Gasteiger partial charge on any atom is 0.259 e. The molecule has 8 heteroatoms. The lowest BCUT2D eigenvalue weighted by Crippen LogP contribution is -2.40. The number of nitriles is 1. The molecule has 2 heterocycles. The molecule has 2 aromatic carbocycles. The predicted molar refractivity (Wildman–Crippen MR) is 168 cm³/mol. The van der Waals surface area contributed by atoms with Crippen molar-refractivity contribution in [2.24, 2.45) is 0 Å². The van der Waals surface area contributed by atoms with Crippen molar-refractivity contribution >= 4 is 5.78 Å². The average Bonchev–Trinajstić information content (AvgIpc) is 3.38. The van der Waals surface area contributed by atoms with Gasteiger partial charge in [-0.2, -0.15) is 15.3 Å². The first kappa shape index (κ1) is 30.7. The summed E-state index contributed by atoms with van der Waals surface area (Å²) in [4.78, 5) is 19.2. The van der Waals surface area contributed by atoms with Gasteiger partial charge < -0.3 is 9.84 Å². The van der Waals surface area contributed by atoms with Crippen LogP contribution in [-0.4, -0.2) is 42.1 Å². The number of aryl methyl sites for hydroxylation is 2. The van der Waals surface area contributed by atoms with Crippen LogP contribution >= 0.6 is 0 Å². The molecular weight excluding hydrogens is 538 g/mol. The van der Waals surface area contributed by atoms with E-state index in [9.17, 15) is 15.2 Å². The van der Waals surface area contributed by atoms with Crippen LogP contribution in [0, 0.1) is 18.3 Å². The van der Waals surface area contributed by atoms with Crippen molar-refractivity contribution in [2.75, 3.05) is 0 Å². The largest absolute Gasteiger partial charge is 0.388 e. The number of ether oxygens (including phenoxy) is 1. The van der Waals surface area contributed by atoms with Crippen LogP contribution in [-0.2, 0) is 17.6 Å². The summed E-state index contributed by atoms with van der Waals surface area (Å²) in [5.41, 5.74) is 4.37. The molecule has 5 rings (SSSR count). The van der Waals surface area contributed by atoms with Gasteiger partial charge in [0.05, 0.1) is 35.1 Å². The minimum absolute atomic E-state index is 0.000252. The summed E-state index contributed by atoms with van der Waals surface area (Å²) in [5.74, 6) is 1.27. The van der Waals surface area contributed by atoms with E-state index in [2.05, 4.69) is 25.1 Å². The predicted octanol–water partition coefficient (Wildman–Crippen LogP) is 6.33. The number of hydrogen-bond donors (Lipinski definition) is 1. The van der Waals surface area contributed by atoms with Gasteiger partial charge in [0.15, 0.2) is 0 Å². The smallest absolute Gasteiger partial charge is 0.259 e. The molecule has 8 nitrogen and oxygen atoms in total. The van der Waals surface area contributed by atoms with E-state index >= 15 is 0 Å². The van der Waals surface area contributed by atoms with E-state index in [0.717, 1.165) is 72.9 Å². The van der Waals surface area contributed by atoms with E-state index < -0.39 is 5.60 Å². The highest BCUT2D eigenvalue weighted by Crippen LogP contribution is 2.33.